The summed E-state index contributed by atoms with van der Waals surface area (Å²) in [5.74, 6) is -0.390. The van der Waals surface area contributed by atoms with Crippen LogP contribution in [0.25, 0.3) is 0 Å². The van der Waals surface area contributed by atoms with E-state index in [-0.39, 0.29) is 9.79 Å². The number of carbonyl (C=O) groups is 1. The molecule has 4 rings (SSSR count). The molecule has 1 aliphatic heterocycles. The van der Waals surface area contributed by atoms with Gasteiger partial charge in [0, 0.05) is 31.4 Å². The third kappa shape index (κ3) is 6.03. The first kappa shape index (κ1) is 26.8. The minimum absolute atomic E-state index is 0.184. The Hall–Kier alpha value is -3.21. The summed E-state index contributed by atoms with van der Waals surface area (Å²) in [6.07, 6.45) is 3.80. The van der Waals surface area contributed by atoms with Crippen LogP contribution in [0.1, 0.15) is 41.6 Å². The van der Waals surface area contributed by atoms with Crippen LogP contribution < -0.4 is 9.62 Å². The van der Waals surface area contributed by atoms with Crippen molar-refractivity contribution < 1.29 is 21.6 Å². The van der Waals surface area contributed by atoms with Gasteiger partial charge in [0.05, 0.1) is 15.5 Å². The molecule has 0 unspecified atom stereocenters. The molecule has 1 aliphatic rings. The second kappa shape index (κ2) is 11.0. The number of nitrogens with one attached hydrogen (secondary N) is 1. The molecule has 10 heteroatoms. The predicted octanol–water partition coefficient (Wildman–Crippen LogP) is 4.64. The van der Waals surface area contributed by atoms with E-state index < -0.39 is 26.0 Å². The van der Waals surface area contributed by atoms with E-state index in [4.69, 9.17) is 0 Å². The van der Waals surface area contributed by atoms with Gasteiger partial charge in [0.1, 0.15) is 0 Å². The van der Waals surface area contributed by atoms with E-state index in [1.165, 1.54) is 27.8 Å². The normalized spacial score (nSPS) is 15.1. The zero-order valence-corrected chi connectivity index (χ0v) is 22.6. The van der Waals surface area contributed by atoms with Gasteiger partial charge in [-0.2, -0.15) is 4.31 Å². The lowest BCUT2D eigenvalue weighted by atomic mass is 10.2. The number of nitrogens with zero attached hydrogens (tertiary/aromatic N) is 2. The molecule has 3 aromatic carbocycles. The highest BCUT2D eigenvalue weighted by molar-refractivity contribution is 7.92. The van der Waals surface area contributed by atoms with Crippen LogP contribution in [0.4, 0.5) is 11.4 Å². The van der Waals surface area contributed by atoms with Crippen molar-refractivity contribution >= 4 is 37.3 Å². The van der Waals surface area contributed by atoms with Gasteiger partial charge in [-0.05, 0) is 80.4 Å². The van der Waals surface area contributed by atoms with Gasteiger partial charge in [0.2, 0.25) is 10.0 Å². The highest BCUT2D eigenvalue weighted by Gasteiger charge is 2.25. The molecular formula is C27H31N3O5S2. The highest BCUT2D eigenvalue weighted by Crippen LogP contribution is 2.24. The minimum atomic E-state index is -3.74. The smallest absolute Gasteiger partial charge is 0.264 e. The van der Waals surface area contributed by atoms with Gasteiger partial charge in [-0.1, -0.05) is 30.5 Å². The lowest BCUT2D eigenvalue weighted by Crippen LogP contribution is -2.31. The van der Waals surface area contributed by atoms with Gasteiger partial charge >= 0.3 is 0 Å². The van der Waals surface area contributed by atoms with Crippen molar-refractivity contribution in [2.75, 3.05) is 29.8 Å². The first-order valence-corrected chi connectivity index (χ1v) is 15.0. The van der Waals surface area contributed by atoms with Crippen LogP contribution in [-0.4, -0.2) is 47.2 Å². The van der Waals surface area contributed by atoms with Gasteiger partial charge in [0.15, 0.2) is 0 Å². The molecular weight excluding hydrogens is 510 g/mol. The maximum atomic E-state index is 12.9. The second-order valence-corrected chi connectivity index (χ2v) is 13.0. The van der Waals surface area contributed by atoms with E-state index in [1.807, 2.05) is 6.92 Å². The van der Waals surface area contributed by atoms with Crippen LogP contribution in [-0.2, 0) is 20.0 Å². The molecule has 0 bridgehead atoms. The number of benzene rings is 3. The fraction of sp³-hybridized carbons (Fsp3) is 0.296. The first-order chi connectivity index (χ1) is 17.6. The van der Waals surface area contributed by atoms with E-state index in [9.17, 15) is 21.6 Å². The number of amides is 1. The topological polar surface area (TPSA) is 104 Å². The average Bonchev–Trinajstić information content (AvgIpc) is 3.19. The van der Waals surface area contributed by atoms with Crippen LogP contribution >= 0.6 is 0 Å². The van der Waals surface area contributed by atoms with Crippen LogP contribution in [0.3, 0.4) is 0 Å². The van der Waals surface area contributed by atoms with Crippen molar-refractivity contribution in [2.45, 2.75) is 42.4 Å². The van der Waals surface area contributed by atoms with E-state index in [1.54, 1.807) is 60.7 Å². The van der Waals surface area contributed by atoms with Gasteiger partial charge in [-0.15, -0.1) is 0 Å². The number of hydrogen-bond donors (Lipinski definition) is 1. The van der Waals surface area contributed by atoms with Gasteiger partial charge in [-0.3, -0.25) is 9.10 Å². The Morgan fingerprint density at radius 2 is 1.30 bits per heavy atom. The summed E-state index contributed by atoms with van der Waals surface area (Å²) >= 11 is 0. The lowest BCUT2D eigenvalue weighted by Gasteiger charge is -2.20. The fourth-order valence-electron chi connectivity index (χ4n) is 4.17. The number of hydrogen-bond acceptors (Lipinski definition) is 5. The van der Waals surface area contributed by atoms with Crippen molar-refractivity contribution in [1.82, 2.24) is 4.31 Å². The summed E-state index contributed by atoms with van der Waals surface area (Å²) in [5, 5.41) is 2.76. The van der Waals surface area contributed by atoms with Gasteiger partial charge in [0.25, 0.3) is 15.9 Å². The third-order valence-electron chi connectivity index (χ3n) is 6.49. The molecule has 0 spiro atoms. The molecule has 1 amide bonds. The number of rotatable bonds is 7. The number of sulfonamides is 2. The van der Waals surface area contributed by atoms with E-state index in [0.717, 1.165) is 31.2 Å². The largest absolute Gasteiger partial charge is 0.322 e. The fourth-order valence-corrected chi connectivity index (χ4v) is 6.89. The molecule has 1 fully saturated rings. The summed E-state index contributed by atoms with van der Waals surface area (Å²) < 4.78 is 54.4. The first-order valence-electron chi connectivity index (χ1n) is 12.2. The van der Waals surface area contributed by atoms with Crippen molar-refractivity contribution in [2.24, 2.45) is 0 Å². The van der Waals surface area contributed by atoms with Gasteiger partial charge < -0.3 is 5.32 Å². The molecule has 0 saturated carbocycles. The van der Waals surface area contributed by atoms with Crippen molar-refractivity contribution in [1.29, 1.82) is 0 Å². The Bertz CT molecular complexity index is 1440. The molecule has 0 radical (unpaired) electrons. The maximum Gasteiger partial charge on any atom is 0.264 e. The van der Waals surface area contributed by atoms with E-state index in [0.29, 0.717) is 30.0 Å². The van der Waals surface area contributed by atoms with Gasteiger partial charge in [-0.25, -0.2) is 16.8 Å². The quantitative estimate of drug-likeness (QED) is 0.469. The second-order valence-electron chi connectivity index (χ2n) is 9.13. The molecule has 37 heavy (non-hydrogen) atoms. The summed E-state index contributed by atoms with van der Waals surface area (Å²) in [5.41, 5.74) is 2.18. The number of anilines is 2. The Morgan fingerprint density at radius 1 is 0.757 bits per heavy atom. The maximum absolute atomic E-state index is 12.9. The van der Waals surface area contributed by atoms with Crippen molar-refractivity contribution in [3.8, 4) is 0 Å². The molecule has 1 N–H and O–H groups in total. The monoisotopic (exact) mass is 541 g/mol. The van der Waals surface area contributed by atoms with Crippen molar-refractivity contribution in [3.63, 3.8) is 0 Å². The summed E-state index contributed by atoms with van der Waals surface area (Å²) in [6.45, 7) is 2.94. The SMILES string of the molecule is Cc1ccc(S(=O)(=O)N(C)c2ccc(C(=O)Nc3ccc(S(=O)(=O)N4CCCCCC4)cc3)cc2)cc1. The molecule has 0 aliphatic carbocycles. The summed E-state index contributed by atoms with van der Waals surface area (Å²) in [6, 6.07) is 19.0. The van der Waals surface area contributed by atoms with Crippen LogP contribution in [0.2, 0.25) is 0 Å². The Kier molecular flexibility index (Phi) is 8.01. The molecule has 196 valence electrons. The van der Waals surface area contributed by atoms with E-state index in [2.05, 4.69) is 5.32 Å². The summed E-state index contributed by atoms with van der Waals surface area (Å²) in [4.78, 5) is 13.1. The molecule has 1 heterocycles. The Labute approximate surface area is 219 Å². The Balaban J connectivity index is 1.43. The highest BCUT2D eigenvalue weighted by atomic mass is 32.2. The minimum Gasteiger partial charge on any atom is -0.322 e. The average molecular weight is 542 g/mol. The number of aryl methyl sites for hydroxylation is 1. The Morgan fingerprint density at radius 3 is 1.86 bits per heavy atom. The molecule has 0 aromatic heterocycles. The van der Waals surface area contributed by atoms with Crippen LogP contribution in [0.15, 0.2) is 82.6 Å². The number of carbonyl (C=O) groups excluding carboxylic acids is 1. The third-order valence-corrected chi connectivity index (χ3v) is 10.2. The molecule has 8 nitrogen and oxygen atoms in total. The zero-order valence-electron chi connectivity index (χ0n) is 20.9. The molecule has 3 aromatic rings. The van der Waals surface area contributed by atoms with E-state index >= 15 is 0 Å². The van der Waals surface area contributed by atoms with Crippen molar-refractivity contribution in [3.05, 3.63) is 83.9 Å². The van der Waals surface area contributed by atoms with Crippen LogP contribution in [0, 0.1) is 6.92 Å². The lowest BCUT2D eigenvalue weighted by molar-refractivity contribution is 0.102. The van der Waals surface area contributed by atoms with Crippen LogP contribution in [0.5, 0.6) is 0 Å². The predicted molar refractivity (Wildman–Crippen MR) is 145 cm³/mol. The molecule has 0 atom stereocenters. The zero-order chi connectivity index (χ0) is 26.6. The molecule has 1 saturated heterocycles. The standard InChI is InChI=1S/C27H31N3O5S2/c1-21-7-15-25(16-8-21)36(32,33)29(2)24-13-9-22(10-14-24)27(31)28-23-11-17-26(18-12-23)37(34,35)30-19-5-3-4-6-20-30/h7-18H,3-6,19-20H2,1-2H3,(H,28,31). The summed E-state index contributed by atoms with van der Waals surface area (Å²) in [7, 11) is -5.84.